The Morgan fingerprint density at radius 2 is 2.18 bits per heavy atom. The summed E-state index contributed by atoms with van der Waals surface area (Å²) in [5.41, 5.74) is -0.296. The smallest absolute Gasteiger partial charge is 0.260 e. The molecule has 5 nitrogen and oxygen atoms in total. The molecule has 2 N–H and O–H groups in total. The number of nitrogens with one attached hydrogen (secondary N) is 1. The number of nitriles is 1. The van der Waals surface area contributed by atoms with Crippen molar-refractivity contribution in [2.24, 2.45) is 0 Å². The van der Waals surface area contributed by atoms with Crippen LogP contribution in [-0.4, -0.2) is 29.3 Å². The Morgan fingerprint density at radius 3 is 2.86 bits per heavy atom. The molecule has 1 amide bonds. The van der Waals surface area contributed by atoms with Crippen molar-refractivity contribution < 1.29 is 14.6 Å². The Labute approximate surface area is 130 Å². The van der Waals surface area contributed by atoms with Gasteiger partial charge in [0.1, 0.15) is 5.75 Å². The van der Waals surface area contributed by atoms with Gasteiger partial charge in [-0.15, -0.1) is 0 Å². The zero-order valence-corrected chi connectivity index (χ0v) is 12.8. The van der Waals surface area contributed by atoms with Crippen molar-refractivity contribution in [1.82, 2.24) is 5.32 Å². The number of carbonyl (C=O) groups is 1. The van der Waals surface area contributed by atoms with Crippen LogP contribution in [0.5, 0.6) is 5.75 Å². The molecular formula is C17H22N2O3. The maximum atomic E-state index is 12.1. The number of aliphatic hydroxyl groups is 1. The van der Waals surface area contributed by atoms with E-state index in [0.29, 0.717) is 11.3 Å². The Hall–Kier alpha value is -2.06. The molecule has 1 aliphatic rings. The van der Waals surface area contributed by atoms with Gasteiger partial charge < -0.3 is 15.2 Å². The van der Waals surface area contributed by atoms with Gasteiger partial charge in [-0.3, -0.25) is 4.79 Å². The van der Waals surface area contributed by atoms with E-state index in [1.807, 2.05) is 6.07 Å². The first-order valence-electron chi connectivity index (χ1n) is 7.69. The van der Waals surface area contributed by atoms with Gasteiger partial charge in [-0.1, -0.05) is 25.3 Å². The molecule has 0 heterocycles. The maximum absolute atomic E-state index is 12.1. The molecule has 0 aliphatic heterocycles. The molecule has 1 atom stereocenters. The lowest BCUT2D eigenvalue weighted by atomic mass is 9.85. The third-order valence-corrected chi connectivity index (χ3v) is 4.02. The van der Waals surface area contributed by atoms with Gasteiger partial charge in [0, 0.05) is 6.54 Å². The van der Waals surface area contributed by atoms with E-state index >= 15 is 0 Å². The van der Waals surface area contributed by atoms with E-state index in [1.54, 1.807) is 31.2 Å². The van der Waals surface area contributed by atoms with Crippen LogP contribution in [0.4, 0.5) is 0 Å². The SMILES string of the molecule is CC(Oc1cccc(C#N)c1)C(=O)NCC1(O)CCCCC1. The standard InChI is InChI=1S/C17H22N2O3/c1-13(22-15-7-5-6-14(10-15)11-18)16(20)19-12-17(21)8-3-2-4-9-17/h5-7,10,13,21H,2-4,8-9,12H2,1H3,(H,19,20). The summed E-state index contributed by atoms with van der Waals surface area (Å²) in [4.78, 5) is 12.1. The lowest BCUT2D eigenvalue weighted by Gasteiger charge is -2.32. The van der Waals surface area contributed by atoms with Gasteiger partial charge >= 0.3 is 0 Å². The molecule has 0 aromatic heterocycles. The minimum atomic E-state index is -0.783. The van der Waals surface area contributed by atoms with Crippen molar-refractivity contribution in [2.45, 2.75) is 50.7 Å². The van der Waals surface area contributed by atoms with E-state index in [4.69, 9.17) is 10.00 Å². The van der Waals surface area contributed by atoms with Crippen molar-refractivity contribution in [2.75, 3.05) is 6.54 Å². The molecule has 0 saturated heterocycles. The summed E-state index contributed by atoms with van der Waals surface area (Å²) in [6.07, 6.45) is 3.92. The van der Waals surface area contributed by atoms with Crippen molar-refractivity contribution in [1.29, 1.82) is 5.26 Å². The number of nitrogens with zero attached hydrogens (tertiary/aromatic N) is 1. The second kappa shape index (κ2) is 7.28. The molecule has 0 bridgehead atoms. The van der Waals surface area contributed by atoms with E-state index < -0.39 is 11.7 Å². The lowest BCUT2D eigenvalue weighted by molar-refractivity contribution is -0.128. The Bertz CT molecular complexity index is 559. The third kappa shape index (κ3) is 4.47. The van der Waals surface area contributed by atoms with E-state index in [-0.39, 0.29) is 12.5 Å². The van der Waals surface area contributed by atoms with Crippen LogP contribution in [0, 0.1) is 11.3 Å². The Kier molecular flexibility index (Phi) is 5.40. The Morgan fingerprint density at radius 1 is 1.45 bits per heavy atom. The number of rotatable bonds is 5. The lowest BCUT2D eigenvalue weighted by Crippen LogP contribution is -2.47. The van der Waals surface area contributed by atoms with Crippen LogP contribution in [-0.2, 0) is 4.79 Å². The van der Waals surface area contributed by atoms with Gasteiger partial charge in [-0.2, -0.15) is 5.26 Å². The fourth-order valence-electron chi connectivity index (χ4n) is 2.68. The van der Waals surface area contributed by atoms with Crippen LogP contribution in [0.2, 0.25) is 0 Å². The van der Waals surface area contributed by atoms with Gasteiger partial charge in [0.05, 0.1) is 17.2 Å². The highest BCUT2D eigenvalue weighted by atomic mass is 16.5. The van der Waals surface area contributed by atoms with Gasteiger partial charge in [-0.25, -0.2) is 0 Å². The van der Waals surface area contributed by atoms with Gasteiger partial charge in [-0.05, 0) is 38.0 Å². The second-order valence-electron chi connectivity index (χ2n) is 5.90. The molecule has 1 aliphatic carbocycles. The highest BCUT2D eigenvalue weighted by molar-refractivity contribution is 5.80. The summed E-state index contributed by atoms with van der Waals surface area (Å²) in [6.45, 7) is 1.91. The van der Waals surface area contributed by atoms with Crippen LogP contribution in [0.25, 0.3) is 0 Å². The van der Waals surface area contributed by atoms with Crippen molar-refractivity contribution in [3.05, 3.63) is 29.8 Å². The normalized spacial score (nSPS) is 18.0. The molecule has 1 unspecified atom stereocenters. The first-order chi connectivity index (χ1) is 10.5. The van der Waals surface area contributed by atoms with Crippen LogP contribution >= 0.6 is 0 Å². The fraction of sp³-hybridized carbons (Fsp3) is 0.529. The van der Waals surface area contributed by atoms with Crippen molar-refractivity contribution in [3.63, 3.8) is 0 Å². The van der Waals surface area contributed by atoms with Crippen LogP contribution in [0.3, 0.4) is 0 Å². The number of amides is 1. The first kappa shape index (κ1) is 16.3. The molecule has 1 aromatic rings. The molecule has 0 spiro atoms. The summed E-state index contributed by atoms with van der Waals surface area (Å²) >= 11 is 0. The molecule has 1 saturated carbocycles. The second-order valence-corrected chi connectivity index (χ2v) is 5.90. The molecule has 1 aromatic carbocycles. The zero-order chi connectivity index (χ0) is 16.0. The molecule has 2 rings (SSSR count). The minimum Gasteiger partial charge on any atom is -0.481 e. The predicted octanol–water partition coefficient (Wildman–Crippen LogP) is 2.14. The average molecular weight is 302 g/mol. The van der Waals surface area contributed by atoms with E-state index in [2.05, 4.69) is 5.32 Å². The summed E-state index contributed by atoms with van der Waals surface area (Å²) < 4.78 is 5.55. The zero-order valence-electron chi connectivity index (χ0n) is 12.8. The number of ether oxygens (including phenoxy) is 1. The van der Waals surface area contributed by atoms with Gasteiger partial charge in [0.2, 0.25) is 0 Å². The summed E-state index contributed by atoms with van der Waals surface area (Å²) in [5.74, 6) is 0.222. The molecule has 5 heteroatoms. The molecule has 0 radical (unpaired) electrons. The third-order valence-electron chi connectivity index (χ3n) is 4.02. The topological polar surface area (TPSA) is 82.3 Å². The largest absolute Gasteiger partial charge is 0.481 e. The number of benzene rings is 1. The van der Waals surface area contributed by atoms with E-state index in [9.17, 15) is 9.90 Å². The summed E-state index contributed by atoms with van der Waals surface area (Å²) in [5, 5.41) is 22.0. The molecule has 22 heavy (non-hydrogen) atoms. The fourth-order valence-corrected chi connectivity index (χ4v) is 2.68. The van der Waals surface area contributed by atoms with Crippen molar-refractivity contribution in [3.8, 4) is 11.8 Å². The van der Waals surface area contributed by atoms with E-state index in [0.717, 1.165) is 32.1 Å². The molecule has 118 valence electrons. The van der Waals surface area contributed by atoms with Crippen molar-refractivity contribution >= 4 is 5.91 Å². The summed E-state index contributed by atoms with van der Waals surface area (Å²) in [6, 6.07) is 8.72. The summed E-state index contributed by atoms with van der Waals surface area (Å²) in [7, 11) is 0. The average Bonchev–Trinajstić information content (AvgIpc) is 2.53. The highest BCUT2D eigenvalue weighted by Crippen LogP contribution is 2.27. The molecular weight excluding hydrogens is 280 g/mol. The number of hydrogen-bond acceptors (Lipinski definition) is 4. The van der Waals surface area contributed by atoms with Gasteiger partial charge in [0.15, 0.2) is 6.10 Å². The van der Waals surface area contributed by atoms with Gasteiger partial charge in [0.25, 0.3) is 5.91 Å². The van der Waals surface area contributed by atoms with E-state index in [1.165, 1.54) is 0 Å². The highest BCUT2D eigenvalue weighted by Gasteiger charge is 2.30. The number of carbonyl (C=O) groups excluding carboxylic acids is 1. The maximum Gasteiger partial charge on any atom is 0.260 e. The first-order valence-corrected chi connectivity index (χ1v) is 7.69. The minimum absolute atomic E-state index is 0.262. The van der Waals surface area contributed by atoms with Crippen LogP contribution in [0.15, 0.2) is 24.3 Å². The quantitative estimate of drug-likeness (QED) is 0.873. The van der Waals surface area contributed by atoms with Crippen LogP contribution < -0.4 is 10.1 Å². The monoisotopic (exact) mass is 302 g/mol. The molecule has 1 fully saturated rings. The van der Waals surface area contributed by atoms with Crippen LogP contribution in [0.1, 0.15) is 44.6 Å². The predicted molar refractivity (Wildman–Crippen MR) is 82.3 cm³/mol. The number of hydrogen-bond donors (Lipinski definition) is 2. The Balaban J connectivity index is 1.85.